The van der Waals surface area contributed by atoms with Crippen molar-refractivity contribution in [2.75, 3.05) is 24.5 Å². The number of likely N-dealkylation sites (tertiary alicyclic amines) is 1. The molecule has 3 aromatic rings. The number of carbonyl (C=O) groups is 2. The second kappa shape index (κ2) is 10.3. The number of hydrogen-bond donors (Lipinski definition) is 1. The Labute approximate surface area is 224 Å². The zero-order valence-electron chi connectivity index (χ0n) is 22.0. The van der Waals surface area contributed by atoms with Crippen molar-refractivity contribution in [1.82, 2.24) is 10.2 Å². The number of anilines is 1. The predicted molar refractivity (Wildman–Crippen MR) is 147 cm³/mol. The van der Waals surface area contributed by atoms with E-state index in [2.05, 4.69) is 17.1 Å². The number of nitrogens with zero attached hydrogens (tertiary/aromatic N) is 2. The summed E-state index contributed by atoms with van der Waals surface area (Å²) < 4.78 is 27.5. The van der Waals surface area contributed by atoms with Crippen molar-refractivity contribution in [3.8, 4) is 0 Å². The van der Waals surface area contributed by atoms with Crippen molar-refractivity contribution in [3.63, 3.8) is 0 Å². The Morgan fingerprint density at radius 2 is 1.82 bits per heavy atom. The molecular weight excluding hydrogens is 498 g/mol. The van der Waals surface area contributed by atoms with Crippen LogP contribution < -0.4 is 10.2 Å². The van der Waals surface area contributed by atoms with Gasteiger partial charge in [-0.15, -0.1) is 0 Å². The number of likely N-dealkylation sites (N-methyl/N-ethyl adjacent to an activating group) is 1. The average Bonchev–Trinajstić information content (AvgIpc) is 3.37. The van der Waals surface area contributed by atoms with Crippen molar-refractivity contribution >= 4 is 27.3 Å². The second-order valence-corrected chi connectivity index (χ2v) is 12.0. The molecule has 1 saturated heterocycles. The first kappa shape index (κ1) is 26.1. The molecule has 8 heteroatoms. The fourth-order valence-electron chi connectivity index (χ4n) is 5.50. The summed E-state index contributed by atoms with van der Waals surface area (Å²) in [6, 6.07) is 17.1. The Hall–Kier alpha value is -3.49. The molecule has 2 heterocycles. The van der Waals surface area contributed by atoms with Gasteiger partial charge in [0, 0.05) is 18.2 Å². The second-order valence-electron chi connectivity index (χ2n) is 10.1. The minimum absolute atomic E-state index is 0.0191. The molecule has 3 aromatic carbocycles. The van der Waals surface area contributed by atoms with Gasteiger partial charge in [-0.25, -0.2) is 8.42 Å². The number of fused-ring (bicyclic) bond motifs is 2. The lowest BCUT2D eigenvalue weighted by Gasteiger charge is -2.25. The van der Waals surface area contributed by atoms with E-state index in [0.717, 1.165) is 42.6 Å². The van der Waals surface area contributed by atoms with Gasteiger partial charge in [-0.3, -0.25) is 14.5 Å². The maximum Gasteiger partial charge on any atom is 0.259 e. The van der Waals surface area contributed by atoms with Crippen LogP contribution in [0.4, 0.5) is 5.69 Å². The molecular formula is C30H33N3O4S. The highest BCUT2D eigenvalue weighted by molar-refractivity contribution is 7.91. The van der Waals surface area contributed by atoms with E-state index >= 15 is 0 Å². The summed E-state index contributed by atoms with van der Waals surface area (Å²) in [6.45, 7) is 8.74. The SMILES string of the molecule is CCN1CCCC1CNC(=O)c1ccc2c(c1)N(Cc1cc(C)ccc1C)C(=O)c1ccccc1S2(=O)=O. The van der Waals surface area contributed by atoms with E-state index in [9.17, 15) is 18.0 Å². The molecule has 5 rings (SSSR count). The topological polar surface area (TPSA) is 86.8 Å². The van der Waals surface area contributed by atoms with Gasteiger partial charge in [0.1, 0.15) is 0 Å². The highest BCUT2D eigenvalue weighted by atomic mass is 32.2. The van der Waals surface area contributed by atoms with Gasteiger partial charge < -0.3 is 10.2 Å². The quantitative estimate of drug-likeness (QED) is 0.506. The molecule has 0 spiro atoms. The first-order valence-electron chi connectivity index (χ1n) is 13.1. The van der Waals surface area contributed by atoms with E-state index in [1.807, 2.05) is 32.0 Å². The van der Waals surface area contributed by atoms with Crippen LogP contribution in [0.3, 0.4) is 0 Å². The Morgan fingerprint density at radius 3 is 2.61 bits per heavy atom. The van der Waals surface area contributed by atoms with Gasteiger partial charge in [-0.1, -0.05) is 42.8 Å². The van der Waals surface area contributed by atoms with Crippen molar-refractivity contribution in [1.29, 1.82) is 0 Å². The van der Waals surface area contributed by atoms with Gasteiger partial charge in [-0.2, -0.15) is 0 Å². The van der Waals surface area contributed by atoms with Crippen LogP contribution in [-0.2, 0) is 16.4 Å². The Morgan fingerprint density at radius 1 is 1.03 bits per heavy atom. The number of nitrogens with one attached hydrogen (secondary N) is 1. The van der Waals surface area contributed by atoms with Crippen LogP contribution >= 0.6 is 0 Å². The van der Waals surface area contributed by atoms with E-state index in [-0.39, 0.29) is 33.5 Å². The van der Waals surface area contributed by atoms with Crippen LogP contribution in [-0.4, -0.2) is 50.8 Å². The number of amides is 2. The average molecular weight is 532 g/mol. The van der Waals surface area contributed by atoms with E-state index in [4.69, 9.17) is 0 Å². The number of benzene rings is 3. The zero-order chi connectivity index (χ0) is 27.0. The summed E-state index contributed by atoms with van der Waals surface area (Å²) in [5.41, 5.74) is 3.62. The number of aryl methyl sites for hydroxylation is 2. The molecule has 0 radical (unpaired) electrons. The monoisotopic (exact) mass is 531 g/mol. The molecule has 1 N–H and O–H groups in total. The van der Waals surface area contributed by atoms with Gasteiger partial charge in [0.25, 0.3) is 11.8 Å². The lowest BCUT2D eigenvalue weighted by Crippen LogP contribution is -2.40. The Balaban J connectivity index is 1.57. The molecule has 2 aliphatic heterocycles. The molecule has 2 amide bonds. The minimum Gasteiger partial charge on any atom is -0.350 e. The van der Waals surface area contributed by atoms with E-state index in [1.54, 1.807) is 24.3 Å². The highest BCUT2D eigenvalue weighted by Crippen LogP contribution is 2.38. The molecule has 1 atom stereocenters. The van der Waals surface area contributed by atoms with Crippen LogP contribution in [0.1, 0.15) is 57.2 Å². The predicted octanol–water partition coefficient (Wildman–Crippen LogP) is 4.51. The van der Waals surface area contributed by atoms with E-state index < -0.39 is 15.7 Å². The zero-order valence-corrected chi connectivity index (χ0v) is 22.8. The summed E-state index contributed by atoms with van der Waals surface area (Å²) >= 11 is 0. The van der Waals surface area contributed by atoms with Gasteiger partial charge in [0.15, 0.2) is 0 Å². The fraction of sp³-hybridized carbons (Fsp3) is 0.333. The lowest BCUT2D eigenvalue weighted by molar-refractivity contribution is 0.0938. The molecule has 198 valence electrons. The number of hydrogen-bond acceptors (Lipinski definition) is 5. The lowest BCUT2D eigenvalue weighted by atomic mass is 10.0. The van der Waals surface area contributed by atoms with Crippen molar-refractivity contribution in [2.24, 2.45) is 0 Å². The van der Waals surface area contributed by atoms with Crippen molar-refractivity contribution < 1.29 is 18.0 Å². The first-order chi connectivity index (χ1) is 18.2. The van der Waals surface area contributed by atoms with Crippen LogP contribution in [0.2, 0.25) is 0 Å². The van der Waals surface area contributed by atoms with Gasteiger partial charge in [0.2, 0.25) is 9.84 Å². The van der Waals surface area contributed by atoms with Crippen LogP contribution in [0.25, 0.3) is 0 Å². The number of carbonyl (C=O) groups excluding carboxylic acids is 2. The van der Waals surface area contributed by atoms with Gasteiger partial charge >= 0.3 is 0 Å². The first-order valence-corrected chi connectivity index (χ1v) is 14.6. The smallest absolute Gasteiger partial charge is 0.259 e. The maximum atomic E-state index is 13.9. The standard InChI is InChI=1S/C30H33N3O4S/c1-4-32-15-7-8-24(32)18-31-29(34)22-13-14-28-26(17-22)33(19-23-16-20(2)11-12-21(23)3)30(35)25-9-5-6-10-27(25)38(28,36)37/h5-6,9-14,16-17,24H,4,7-8,15,18-19H2,1-3H3,(H,31,34). The van der Waals surface area contributed by atoms with Crippen molar-refractivity contribution in [3.05, 3.63) is 88.5 Å². The normalized spacial score (nSPS) is 18.6. The van der Waals surface area contributed by atoms with Crippen LogP contribution in [0.15, 0.2) is 70.5 Å². The van der Waals surface area contributed by atoms with Crippen LogP contribution in [0.5, 0.6) is 0 Å². The third kappa shape index (κ3) is 4.74. The molecule has 2 aliphatic rings. The molecule has 0 aliphatic carbocycles. The molecule has 1 unspecified atom stereocenters. The summed E-state index contributed by atoms with van der Waals surface area (Å²) in [6.07, 6.45) is 2.15. The molecule has 7 nitrogen and oxygen atoms in total. The Kier molecular flexibility index (Phi) is 7.11. The van der Waals surface area contributed by atoms with Gasteiger partial charge in [-0.05, 0) is 81.2 Å². The number of sulfone groups is 1. The third-order valence-corrected chi connectivity index (χ3v) is 9.55. The molecule has 0 aromatic heterocycles. The fourth-order valence-corrected chi connectivity index (χ4v) is 7.13. The summed E-state index contributed by atoms with van der Waals surface area (Å²) in [4.78, 5) is 30.9. The molecule has 0 bridgehead atoms. The maximum absolute atomic E-state index is 13.9. The summed E-state index contributed by atoms with van der Waals surface area (Å²) in [5.74, 6) is -0.694. The number of rotatable bonds is 6. The van der Waals surface area contributed by atoms with Crippen LogP contribution in [0, 0.1) is 13.8 Å². The minimum atomic E-state index is -3.99. The highest BCUT2D eigenvalue weighted by Gasteiger charge is 2.36. The summed E-state index contributed by atoms with van der Waals surface area (Å²) in [5, 5.41) is 3.02. The van der Waals surface area contributed by atoms with Gasteiger partial charge in [0.05, 0.1) is 27.6 Å². The Bertz CT molecular complexity index is 1520. The molecule has 0 saturated carbocycles. The van der Waals surface area contributed by atoms with Crippen molar-refractivity contribution in [2.45, 2.75) is 56.0 Å². The molecule has 1 fully saturated rings. The summed E-state index contributed by atoms with van der Waals surface area (Å²) in [7, 11) is -3.99. The van der Waals surface area contributed by atoms with E-state index in [1.165, 1.54) is 23.1 Å². The molecule has 38 heavy (non-hydrogen) atoms. The largest absolute Gasteiger partial charge is 0.350 e. The third-order valence-electron chi connectivity index (χ3n) is 7.69. The van der Waals surface area contributed by atoms with E-state index in [0.29, 0.717) is 18.2 Å².